The number of carbonyl (C=O) groups is 1. The molecule has 5 nitrogen and oxygen atoms in total. The van der Waals surface area contributed by atoms with E-state index in [4.69, 9.17) is 0 Å². The fourth-order valence-corrected chi connectivity index (χ4v) is 3.84. The van der Waals surface area contributed by atoms with Crippen LogP contribution in [0.3, 0.4) is 0 Å². The van der Waals surface area contributed by atoms with Crippen molar-refractivity contribution in [2.45, 2.75) is 18.7 Å². The largest absolute Gasteiger partial charge is 0.340 e. The first-order valence-electron chi connectivity index (χ1n) is 7.08. The van der Waals surface area contributed by atoms with E-state index < -0.39 is 32.4 Å². The van der Waals surface area contributed by atoms with Crippen molar-refractivity contribution >= 4 is 15.9 Å². The topological polar surface area (TPSA) is 57.7 Å². The zero-order valence-corrected chi connectivity index (χ0v) is 13.5. The van der Waals surface area contributed by atoms with Crippen molar-refractivity contribution in [2.75, 3.05) is 26.2 Å². The Bertz CT molecular complexity index is 714. The summed E-state index contributed by atoms with van der Waals surface area (Å²) in [6, 6.07) is 1.28. The minimum atomic E-state index is -4.29. The molecule has 0 aliphatic carbocycles. The number of sulfonamides is 1. The van der Waals surface area contributed by atoms with E-state index in [1.165, 1.54) is 4.90 Å². The Labute approximate surface area is 132 Å². The molecule has 0 atom stereocenters. The summed E-state index contributed by atoms with van der Waals surface area (Å²) < 4.78 is 65.7. The van der Waals surface area contributed by atoms with Gasteiger partial charge in [-0.15, -0.1) is 0 Å². The Kier molecular flexibility index (Phi) is 5.00. The molecule has 2 rings (SSSR count). The fourth-order valence-electron chi connectivity index (χ4n) is 2.36. The molecule has 0 saturated carbocycles. The normalized spacial score (nSPS) is 16.9. The van der Waals surface area contributed by atoms with Gasteiger partial charge >= 0.3 is 0 Å². The van der Waals surface area contributed by atoms with Crippen LogP contribution in [0.4, 0.5) is 13.2 Å². The second-order valence-electron chi connectivity index (χ2n) is 5.56. The Morgan fingerprint density at radius 1 is 1.04 bits per heavy atom. The molecule has 23 heavy (non-hydrogen) atoms. The fraction of sp³-hybridized carbons (Fsp3) is 0.500. The third-order valence-corrected chi connectivity index (χ3v) is 5.58. The van der Waals surface area contributed by atoms with Crippen molar-refractivity contribution in [1.29, 1.82) is 0 Å². The number of carbonyl (C=O) groups excluding carboxylic acids is 1. The zero-order chi connectivity index (χ0) is 17.4. The number of piperazine rings is 1. The highest BCUT2D eigenvalue weighted by Crippen LogP contribution is 2.24. The van der Waals surface area contributed by atoms with Gasteiger partial charge in [0.15, 0.2) is 17.5 Å². The molecule has 0 unspecified atom stereocenters. The van der Waals surface area contributed by atoms with Gasteiger partial charge in [-0.1, -0.05) is 13.8 Å². The molecule has 1 heterocycles. The molecule has 1 fully saturated rings. The molecule has 1 aliphatic heterocycles. The summed E-state index contributed by atoms with van der Waals surface area (Å²) in [6.45, 7) is 3.76. The standard InChI is InChI=1S/C14H17F3N2O3S/c1-9(2)14(20)18-5-7-19(8-6-18)23(21,22)11-4-3-10(15)12(16)13(11)17/h3-4,9H,5-8H2,1-2H3. The van der Waals surface area contributed by atoms with Crippen molar-refractivity contribution in [3.05, 3.63) is 29.6 Å². The van der Waals surface area contributed by atoms with Gasteiger partial charge in [-0.25, -0.2) is 21.6 Å². The van der Waals surface area contributed by atoms with E-state index in [2.05, 4.69) is 0 Å². The minimum Gasteiger partial charge on any atom is -0.340 e. The number of halogens is 3. The third kappa shape index (κ3) is 3.35. The van der Waals surface area contributed by atoms with Crippen LogP contribution in [0, 0.1) is 23.4 Å². The maximum atomic E-state index is 13.7. The van der Waals surface area contributed by atoms with Gasteiger partial charge in [0.1, 0.15) is 4.90 Å². The minimum absolute atomic E-state index is 0.0285. The molecule has 1 aromatic rings. The maximum Gasteiger partial charge on any atom is 0.246 e. The zero-order valence-electron chi connectivity index (χ0n) is 12.7. The molecule has 9 heteroatoms. The molecular formula is C14H17F3N2O3S. The van der Waals surface area contributed by atoms with Crippen LogP contribution in [0.2, 0.25) is 0 Å². The summed E-state index contributed by atoms with van der Waals surface area (Å²) in [5.74, 6) is -5.30. The highest BCUT2D eigenvalue weighted by molar-refractivity contribution is 7.89. The Balaban J connectivity index is 2.20. The van der Waals surface area contributed by atoms with Gasteiger partial charge in [-0.3, -0.25) is 4.79 Å². The van der Waals surface area contributed by atoms with Crippen molar-refractivity contribution in [1.82, 2.24) is 9.21 Å². The van der Waals surface area contributed by atoms with Crippen LogP contribution in [0.1, 0.15) is 13.8 Å². The smallest absolute Gasteiger partial charge is 0.246 e. The Morgan fingerprint density at radius 2 is 1.61 bits per heavy atom. The van der Waals surface area contributed by atoms with Crippen LogP contribution < -0.4 is 0 Å². The van der Waals surface area contributed by atoms with E-state index >= 15 is 0 Å². The Morgan fingerprint density at radius 3 is 2.13 bits per heavy atom. The van der Waals surface area contributed by atoms with E-state index in [0.29, 0.717) is 12.1 Å². The van der Waals surface area contributed by atoms with Crippen molar-refractivity contribution in [3.63, 3.8) is 0 Å². The molecule has 1 aromatic carbocycles. The van der Waals surface area contributed by atoms with Gasteiger partial charge in [0.2, 0.25) is 15.9 Å². The van der Waals surface area contributed by atoms with Crippen LogP contribution in [-0.4, -0.2) is 49.7 Å². The van der Waals surface area contributed by atoms with E-state index in [1.807, 2.05) is 0 Å². The molecule has 1 saturated heterocycles. The van der Waals surface area contributed by atoms with E-state index in [-0.39, 0.29) is 38.0 Å². The first-order chi connectivity index (χ1) is 10.7. The average molecular weight is 350 g/mol. The van der Waals surface area contributed by atoms with Gasteiger partial charge in [-0.2, -0.15) is 4.31 Å². The lowest BCUT2D eigenvalue weighted by molar-refractivity contribution is -0.135. The van der Waals surface area contributed by atoms with Crippen LogP contribution in [0.25, 0.3) is 0 Å². The van der Waals surface area contributed by atoms with E-state index in [1.54, 1.807) is 13.8 Å². The summed E-state index contributed by atoms with van der Waals surface area (Å²) in [6.07, 6.45) is 0. The van der Waals surface area contributed by atoms with Gasteiger partial charge in [0, 0.05) is 32.1 Å². The molecule has 1 aliphatic rings. The third-order valence-electron chi connectivity index (χ3n) is 3.66. The number of rotatable bonds is 3. The van der Waals surface area contributed by atoms with Crippen LogP contribution in [0.15, 0.2) is 17.0 Å². The number of amides is 1. The van der Waals surface area contributed by atoms with E-state index in [0.717, 1.165) is 4.31 Å². The van der Waals surface area contributed by atoms with Crippen LogP contribution in [-0.2, 0) is 14.8 Å². The van der Waals surface area contributed by atoms with Crippen LogP contribution >= 0.6 is 0 Å². The Hall–Kier alpha value is -1.61. The lowest BCUT2D eigenvalue weighted by atomic mass is 10.2. The molecular weight excluding hydrogens is 333 g/mol. The first-order valence-corrected chi connectivity index (χ1v) is 8.52. The first kappa shape index (κ1) is 17.7. The summed E-state index contributed by atoms with van der Waals surface area (Å²) in [5, 5.41) is 0. The van der Waals surface area contributed by atoms with Gasteiger partial charge < -0.3 is 4.90 Å². The van der Waals surface area contributed by atoms with Gasteiger partial charge in [0.05, 0.1) is 0 Å². The molecule has 0 spiro atoms. The molecule has 0 aromatic heterocycles. The predicted octanol–water partition coefficient (Wildman–Crippen LogP) is 1.59. The molecule has 1 amide bonds. The highest BCUT2D eigenvalue weighted by atomic mass is 32.2. The number of benzene rings is 1. The lowest BCUT2D eigenvalue weighted by Gasteiger charge is -2.34. The maximum absolute atomic E-state index is 13.7. The monoisotopic (exact) mass is 350 g/mol. The highest BCUT2D eigenvalue weighted by Gasteiger charge is 2.33. The SMILES string of the molecule is CC(C)C(=O)N1CCN(S(=O)(=O)c2ccc(F)c(F)c2F)CC1. The lowest BCUT2D eigenvalue weighted by Crippen LogP contribution is -2.51. The molecule has 0 bridgehead atoms. The predicted molar refractivity (Wildman–Crippen MR) is 76.5 cm³/mol. The molecule has 0 N–H and O–H groups in total. The second kappa shape index (κ2) is 6.48. The van der Waals surface area contributed by atoms with Crippen molar-refractivity contribution in [2.24, 2.45) is 5.92 Å². The second-order valence-corrected chi connectivity index (χ2v) is 7.46. The number of nitrogens with zero attached hydrogens (tertiary/aromatic N) is 2. The summed E-state index contributed by atoms with van der Waals surface area (Å²) in [5.41, 5.74) is 0. The summed E-state index contributed by atoms with van der Waals surface area (Å²) in [4.78, 5) is 12.5. The van der Waals surface area contributed by atoms with E-state index in [9.17, 15) is 26.4 Å². The quantitative estimate of drug-likeness (QED) is 0.778. The summed E-state index contributed by atoms with van der Waals surface area (Å²) in [7, 11) is -4.29. The number of hydrogen-bond donors (Lipinski definition) is 0. The van der Waals surface area contributed by atoms with Crippen molar-refractivity contribution in [3.8, 4) is 0 Å². The van der Waals surface area contributed by atoms with Crippen molar-refractivity contribution < 1.29 is 26.4 Å². The van der Waals surface area contributed by atoms with Gasteiger partial charge in [0.25, 0.3) is 0 Å². The molecule has 0 radical (unpaired) electrons. The molecule has 128 valence electrons. The van der Waals surface area contributed by atoms with Crippen LogP contribution in [0.5, 0.6) is 0 Å². The number of hydrogen-bond acceptors (Lipinski definition) is 3. The average Bonchev–Trinajstić information content (AvgIpc) is 2.51. The van der Waals surface area contributed by atoms with Gasteiger partial charge in [-0.05, 0) is 12.1 Å². The summed E-state index contributed by atoms with van der Waals surface area (Å²) >= 11 is 0.